The van der Waals surface area contributed by atoms with Crippen molar-refractivity contribution in [3.05, 3.63) is 58.3 Å². The van der Waals surface area contributed by atoms with Crippen LogP contribution in [0.1, 0.15) is 30.3 Å². The van der Waals surface area contributed by atoms with Crippen molar-refractivity contribution in [2.75, 3.05) is 11.9 Å². The molecule has 1 aromatic heterocycles. The van der Waals surface area contributed by atoms with Crippen LogP contribution in [0.2, 0.25) is 0 Å². The number of nitrogens with zero attached hydrogens (tertiary/aromatic N) is 2. The maximum atomic E-state index is 12.4. The third-order valence-corrected chi connectivity index (χ3v) is 4.11. The molecule has 0 spiro atoms. The molecule has 2 aromatic rings. The summed E-state index contributed by atoms with van der Waals surface area (Å²) in [4.78, 5) is 27.9. The number of aliphatic carboxylic acids is 1. The fourth-order valence-corrected chi connectivity index (χ4v) is 2.92. The largest absolute Gasteiger partial charge is 0.480 e. The Hall–Kier alpha value is -2.63. The summed E-state index contributed by atoms with van der Waals surface area (Å²) < 4.78 is 1.31. The molecule has 0 amide bonds. The molecule has 23 heavy (non-hydrogen) atoms. The van der Waals surface area contributed by atoms with E-state index in [2.05, 4.69) is 22.4 Å². The van der Waals surface area contributed by atoms with Gasteiger partial charge in [-0.2, -0.15) is 0 Å². The number of aryl methyl sites for hydroxylation is 2. The minimum Gasteiger partial charge on any atom is -0.480 e. The molecule has 0 unspecified atom stereocenters. The van der Waals surface area contributed by atoms with Gasteiger partial charge in [0.05, 0.1) is 6.20 Å². The van der Waals surface area contributed by atoms with E-state index in [9.17, 15) is 14.7 Å². The highest BCUT2D eigenvalue weighted by atomic mass is 16.4. The average molecular weight is 313 g/mol. The summed E-state index contributed by atoms with van der Waals surface area (Å²) in [5.74, 6) is -0.425. The van der Waals surface area contributed by atoms with Crippen LogP contribution in [0.4, 0.5) is 5.69 Å². The smallest absolute Gasteiger partial charge is 0.326 e. The quantitative estimate of drug-likeness (QED) is 0.795. The Bertz CT molecular complexity index is 755. The molecular weight excluding hydrogens is 294 g/mol. The summed E-state index contributed by atoms with van der Waals surface area (Å²) in [5.41, 5.74) is 1.33. The highest BCUT2D eigenvalue weighted by Gasteiger charge is 2.30. The second-order valence-corrected chi connectivity index (χ2v) is 5.67. The zero-order valence-corrected chi connectivity index (χ0v) is 12.7. The fraction of sp³-hybridized carbons (Fsp3) is 0.353. The number of hydrogen-bond acceptors (Lipinski definition) is 4. The molecule has 0 fully saturated rings. The van der Waals surface area contributed by atoms with Crippen molar-refractivity contribution in [2.24, 2.45) is 0 Å². The standard InChI is InChI=1S/C17H19N3O3/c21-16-13(18-10-4-7-12-5-2-1-3-6-12)11-19-15-9-8-14(17(22)23)20(15)16/h1-3,5-6,11,14,18H,4,7-10H2,(H,22,23)/t14-/m0/s1. The first-order valence-electron chi connectivity index (χ1n) is 7.78. The van der Waals surface area contributed by atoms with E-state index in [-0.39, 0.29) is 5.56 Å². The molecule has 1 aromatic carbocycles. The lowest BCUT2D eigenvalue weighted by Crippen LogP contribution is -2.30. The predicted octanol–water partition coefficient (Wildman–Crippen LogP) is 1.86. The monoisotopic (exact) mass is 313 g/mol. The third kappa shape index (κ3) is 3.26. The van der Waals surface area contributed by atoms with Gasteiger partial charge >= 0.3 is 5.97 Å². The maximum Gasteiger partial charge on any atom is 0.326 e. The van der Waals surface area contributed by atoms with Gasteiger partial charge in [0.1, 0.15) is 17.6 Å². The lowest BCUT2D eigenvalue weighted by Gasteiger charge is -2.12. The fourth-order valence-electron chi connectivity index (χ4n) is 2.92. The SMILES string of the molecule is O=C(O)[C@@H]1CCc2ncc(NCCCc3ccccc3)c(=O)n21. The topological polar surface area (TPSA) is 84.2 Å². The first kappa shape index (κ1) is 15.3. The van der Waals surface area contributed by atoms with E-state index in [4.69, 9.17) is 0 Å². The van der Waals surface area contributed by atoms with Gasteiger partial charge in [-0.25, -0.2) is 9.78 Å². The Kier molecular flexibility index (Phi) is 4.41. The van der Waals surface area contributed by atoms with E-state index in [1.807, 2.05) is 18.2 Å². The second kappa shape index (κ2) is 6.64. The number of rotatable bonds is 6. The second-order valence-electron chi connectivity index (χ2n) is 5.67. The number of carboxylic acid groups (broad SMARTS) is 1. The van der Waals surface area contributed by atoms with Crippen molar-refractivity contribution in [3.8, 4) is 0 Å². The van der Waals surface area contributed by atoms with Gasteiger partial charge in [-0.1, -0.05) is 30.3 Å². The summed E-state index contributed by atoms with van der Waals surface area (Å²) >= 11 is 0. The lowest BCUT2D eigenvalue weighted by atomic mass is 10.1. The highest BCUT2D eigenvalue weighted by molar-refractivity contribution is 5.72. The number of benzene rings is 1. The van der Waals surface area contributed by atoms with Crippen molar-refractivity contribution in [2.45, 2.75) is 31.7 Å². The van der Waals surface area contributed by atoms with Crippen LogP contribution in [-0.4, -0.2) is 27.2 Å². The summed E-state index contributed by atoms with van der Waals surface area (Å²) in [5, 5.41) is 12.3. The van der Waals surface area contributed by atoms with E-state index in [1.165, 1.54) is 16.3 Å². The van der Waals surface area contributed by atoms with Gasteiger partial charge in [-0.15, -0.1) is 0 Å². The van der Waals surface area contributed by atoms with Gasteiger partial charge in [0.15, 0.2) is 0 Å². The van der Waals surface area contributed by atoms with Crippen LogP contribution in [0.15, 0.2) is 41.3 Å². The number of aromatic nitrogens is 2. The molecule has 0 saturated heterocycles. The van der Waals surface area contributed by atoms with Gasteiger partial charge in [-0.3, -0.25) is 9.36 Å². The van der Waals surface area contributed by atoms with Crippen LogP contribution in [0.5, 0.6) is 0 Å². The third-order valence-electron chi connectivity index (χ3n) is 4.11. The Labute approximate surface area is 133 Å². The van der Waals surface area contributed by atoms with Crippen LogP contribution in [0.25, 0.3) is 0 Å². The molecule has 1 atom stereocenters. The molecule has 0 saturated carbocycles. The average Bonchev–Trinajstić information content (AvgIpc) is 2.99. The van der Waals surface area contributed by atoms with Crippen molar-refractivity contribution in [3.63, 3.8) is 0 Å². The Morgan fingerprint density at radius 2 is 2.13 bits per heavy atom. The van der Waals surface area contributed by atoms with Crippen LogP contribution in [0, 0.1) is 0 Å². The van der Waals surface area contributed by atoms with E-state index >= 15 is 0 Å². The van der Waals surface area contributed by atoms with Gasteiger partial charge in [0.2, 0.25) is 0 Å². The minimum absolute atomic E-state index is 0.292. The first-order chi connectivity index (χ1) is 11.2. The Morgan fingerprint density at radius 1 is 1.35 bits per heavy atom. The number of anilines is 1. The van der Waals surface area contributed by atoms with E-state index < -0.39 is 12.0 Å². The van der Waals surface area contributed by atoms with Crippen molar-refractivity contribution in [1.29, 1.82) is 0 Å². The molecule has 1 aliphatic heterocycles. The maximum absolute atomic E-state index is 12.4. The number of fused-ring (bicyclic) bond motifs is 1. The zero-order valence-electron chi connectivity index (χ0n) is 12.7. The Balaban J connectivity index is 1.64. The number of nitrogens with one attached hydrogen (secondary N) is 1. The van der Waals surface area contributed by atoms with Crippen LogP contribution in [0.3, 0.4) is 0 Å². The molecule has 0 aliphatic carbocycles. The minimum atomic E-state index is -0.978. The predicted molar refractivity (Wildman–Crippen MR) is 86.7 cm³/mol. The molecule has 1 aliphatic rings. The van der Waals surface area contributed by atoms with E-state index in [0.717, 1.165) is 12.8 Å². The molecular formula is C17H19N3O3. The van der Waals surface area contributed by atoms with E-state index in [1.54, 1.807) is 0 Å². The molecule has 3 rings (SSSR count). The normalized spacial score (nSPS) is 16.1. The first-order valence-corrected chi connectivity index (χ1v) is 7.78. The van der Waals surface area contributed by atoms with Crippen molar-refractivity contribution in [1.82, 2.24) is 9.55 Å². The van der Waals surface area contributed by atoms with Gasteiger partial charge in [-0.05, 0) is 24.8 Å². The van der Waals surface area contributed by atoms with Crippen LogP contribution in [-0.2, 0) is 17.6 Å². The highest BCUT2D eigenvalue weighted by Crippen LogP contribution is 2.22. The number of carbonyl (C=O) groups is 1. The van der Waals surface area contributed by atoms with Crippen LogP contribution < -0.4 is 10.9 Å². The molecule has 2 heterocycles. The lowest BCUT2D eigenvalue weighted by molar-refractivity contribution is -0.140. The molecule has 120 valence electrons. The summed E-state index contributed by atoms with van der Waals surface area (Å²) in [6.07, 6.45) is 4.27. The van der Waals surface area contributed by atoms with Gasteiger partial charge < -0.3 is 10.4 Å². The molecule has 2 N–H and O–H groups in total. The van der Waals surface area contributed by atoms with Gasteiger partial charge in [0.25, 0.3) is 5.56 Å². The summed E-state index contributed by atoms with van der Waals surface area (Å²) in [6.45, 7) is 0.642. The zero-order chi connectivity index (χ0) is 16.2. The molecule has 0 radical (unpaired) electrons. The molecule has 6 nitrogen and oxygen atoms in total. The molecule has 0 bridgehead atoms. The van der Waals surface area contributed by atoms with Gasteiger partial charge in [0, 0.05) is 13.0 Å². The Morgan fingerprint density at radius 3 is 2.87 bits per heavy atom. The summed E-state index contributed by atoms with van der Waals surface area (Å²) in [6, 6.07) is 9.35. The molecule has 6 heteroatoms. The number of hydrogen-bond donors (Lipinski definition) is 2. The van der Waals surface area contributed by atoms with Crippen LogP contribution >= 0.6 is 0 Å². The number of carboxylic acids is 1. The van der Waals surface area contributed by atoms with Crippen molar-refractivity contribution < 1.29 is 9.90 Å². The van der Waals surface area contributed by atoms with E-state index in [0.29, 0.717) is 30.9 Å². The van der Waals surface area contributed by atoms with Crippen molar-refractivity contribution >= 4 is 11.7 Å². The summed E-state index contributed by atoms with van der Waals surface area (Å²) in [7, 11) is 0.